The molecule has 4 nitrogen and oxygen atoms in total. The zero-order valence-electron chi connectivity index (χ0n) is 18.5. The molecule has 0 spiro atoms. The zero-order chi connectivity index (χ0) is 23.0. The number of aromatic nitrogens is 2. The third kappa shape index (κ3) is 7.16. The van der Waals surface area contributed by atoms with Gasteiger partial charge in [0.2, 0.25) is 5.95 Å². The maximum Gasteiger partial charge on any atom is 0.220 e. The van der Waals surface area contributed by atoms with E-state index in [0.29, 0.717) is 27.9 Å². The van der Waals surface area contributed by atoms with Crippen molar-refractivity contribution in [3.63, 3.8) is 0 Å². The van der Waals surface area contributed by atoms with Crippen molar-refractivity contribution in [3.8, 4) is 0 Å². The van der Waals surface area contributed by atoms with Crippen molar-refractivity contribution in [3.05, 3.63) is 58.0 Å². The highest BCUT2D eigenvalue weighted by Crippen LogP contribution is 2.48. The average Bonchev–Trinajstić information content (AvgIpc) is 3.61. The number of hydrogen-bond donors (Lipinski definition) is 2. The minimum absolute atomic E-state index is 0.176. The van der Waals surface area contributed by atoms with E-state index in [4.69, 9.17) is 17.3 Å². The number of thioether (sulfide) groups is 1. The predicted molar refractivity (Wildman–Crippen MR) is 138 cm³/mol. The van der Waals surface area contributed by atoms with Gasteiger partial charge in [-0.15, -0.1) is 0 Å². The van der Waals surface area contributed by atoms with Crippen LogP contribution in [0.25, 0.3) is 10.5 Å². The Balaban J connectivity index is 0.00000166. The van der Waals surface area contributed by atoms with Gasteiger partial charge in [0.05, 0.1) is 11.4 Å². The third-order valence-electron chi connectivity index (χ3n) is 4.44. The Kier molecular flexibility index (Phi) is 10.2. The molecular weight excluding hydrogens is 451 g/mol. The Hall–Kier alpha value is -1.70. The van der Waals surface area contributed by atoms with Gasteiger partial charge in [-0.1, -0.05) is 62.7 Å². The second kappa shape index (κ2) is 12.4. The maximum absolute atomic E-state index is 15.3. The molecule has 0 atom stereocenters. The van der Waals surface area contributed by atoms with Crippen LogP contribution in [-0.4, -0.2) is 15.7 Å². The van der Waals surface area contributed by atoms with Gasteiger partial charge in [-0.05, 0) is 60.8 Å². The lowest BCUT2D eigenvalue weighted by Crippen LogP contribution is -2.01. The molecule has 1 fully saturated rings. The van der Waals surface area contributed by atoms with Gasteiger partial charge in [-0.25, -0.2) is 14.4 Å². The molecule has 8 heteroatoms. The van der Waals surface area contributed by atoms with Gasteiger partial charge in [0, 0.05) is 27.4 Å². The fraction of sp³-hybridized carbons (Fsp3) is 0.391. The van der Waals surface area contributed by atoms with E-state index in [1.807, 2.05) is 20.8 Å². The van der Waals surface area contributed by atoms with E-state index in [2.05, 4.69) is 28.2 Å². The summed E-state index contributed by atoms with van der Waals surface area (Å²) in [7, 11) is 0. The van der Waals surface area contributed by atoms with Crippen molar-refractivity contribution in [1.29, 1.82) is 0 Å². The number of anilines is 2. The van der Waals surface area contributed by atoms with E-state index in [0.717, 1.165) is 40.4 Å². The number of rotatable bonds is 9. The quantitative estimate of drug-likeness (QED) is 0.281. The van der Waals surface area contributed by atoms with Gasteiger partial charge in [-0.2, -0.15) is 0 Å². The molecule has 0 aliphatic heterocycles. The smallest absolute Gasteiger partial charge is 0.220 e. The molecule has 0 saturated heterocycles. The molecule has 1 heterocycles. The highest BCUT2D eigenvalue weighted by Gasteiger charge is 2.27. The first-order chi connectivity index (χ1) is 14.9. The van der Waals surface area contributed by atoms with Crippen LogP contribution in [0.15, 0.2) is 35.9 Å². The Bertz CT molecular complexity index is 945. The first-order valence-electron chi connectivity index (χ1n) is 10.4. The number of allylic oxidation sites excluding steroid dienone is 2. The van der Waals surface area contributed by atoms with E-state index < -0.39 is 0 Å². The summed E-state index contributed by atoms with van der Waals surface area (Å²) < 4.78 is 18.4. The number of nitrogens with two attached hydrogens (primary N) is 1. The number of nitrogens with zero attached hydrogens (tertiary/aromatic N) is 2. The standard InChI is InChI=1S/C21H24ClFN4S2.C2H6/c1-4-9-28-27-18-11-15(22)10-16(19(18)23)12(2)20(29-13(3)14-5-6-14)17-7-8-25-21(24)26-17;1-2/h7-8,10-11,14,27H,3-6,9H2,1-2H3,(H2,24,25,26);1-2H3/b20-12+;. The molecule has 168 valence electrons. The van der Waals surface area contributed by atoms with E-state index in [-0.39, 0.29) is 11.8 Å². The van der Waals surface area contributed by atoms with E-state index in [9.17, 15) is 0 Å². The highest BCUT2D eigenvalue weighted by atomic mass is 35.5. The van der Waals surface area contributed by atoms with Crippen LogP contribution < -0.4 is 10.5 Å². The van der Waals surface area contributed by atoms with Crippen molar-refractivity contribution < 1.29 is 4.39 Å². The van der Waals surface area contributed by atoms with E-state index >= 15 is 4.39 Å². The van der Waals surface area contributed by atoms with Crippen LogP contribution in [0.1, 0.15) is 58.2 Å². The van der Waals surface area contributed by atoms with Gasteiger partial charge in [0.25, 0.3) is 0 Å². The molecule has 1 aromatic carbocycles. The van der Waals surface area contributed by atoms with E-state index in [1.165, 1.54) is 23.7 Å². The minimum atomic E-state index is -0.340. The summed E-state index contributed by atoms with van der Waals surface area (Å²) in [6.45, 7) is 12.2. The maximum atomic E-state index is 15.3. The van der Waals surface area contributed by atoms with Crippen molar-refractivity contribution in [2.45, 2.75) is 47.0 Å². The van der Waals surface area contributed by atoms with Gasteiger partial charge in [-0.3, -0.25) is 0 Å². The average molecular weight is 481 g/mol. The van der Waals surface area contributed by atoms with Gasteiger partial charge >= 0.3 is 0 Å². The summed E-state index contributed by atoms with van der Waals surface area (Å²) in [4.78, 5) is 10.2. The van der Waals surface area contributed by atoms with Crippen LogP contribution in [0.5, 0.6) is 0 Å². The Morgan fingerprint density at radius 2 is 2.06 bits per heavy atom. The monoisotopic (exact) mass is 480 g/mol. The lowest BCUT2D eigenvalue weighted by molar-refractivity contribution is 0.629. The second-order valence-corrected chi connectivity index (χ2v) is 9.34. The van der Waals surface area contributed by atoms with Gasteiger partial charge < -0.3 is 10.5 Å². The van der Waals surface area contributed by atoms with Gasteiger partial charge in [0.15, 0.2) is 5.82 Å². The number of nitrogen functional groups attached to an aromatic ring is 1. The van der Waals surface area contributed by atoms with Crippen LogP contribution in [0, 0.1) is 11.7 Å². The Morgan fingerprint density at radius 3 is 2.68 bits per heavy atom. The number of halogens is 2. The fourth-order valence-electron chi connectivity index (χ4n) is 2.73. The lowest BCUT2D eigenvalue weighted by atomic mass is 10.0. The molecule has 31 heavy (non-hydrogen) atoms. The van der Waals surface area contributed by atoms with Crippen molar-refractivity contribution in [1.82, 2.24) is 9.97 Å². The van der Waals surface area contributed by atoms with Gasteiger partial charge in [0.1, 0.15) is 0 Å². The first-order valence-corrected chi connectivity index (χ1v) is 12.6. The molecule has 3 rings (SSSR count). The summed E-state index contributed by atoms with van der Waals surface area (Å²) in [5.41, 5.74) is 7.99. The molecule has 0 radical (unpaired) electrons. The number of benzene rings is 1. The van der Waals surface area contributed by atoms with Crippen LogP contribution in [0.4, 0.5) is 16.0 Å². The minimum Gasteiger partial charge on any atom is -0.368 e. The highest BCUT2D eigenvalue weighted by molar-refractivity contribution is 8.12. The lowest BCUT2D eigenvalue weighted by Gasteiger charge is -2.16. The molecule has 0 unspecified atom stereocenters. The molecule has 1 aliphatic carbocycles. The molecule has 1 saturated carbocycles. The van der Waals surface area contributed by atoms with Crippen LogP contribution in [-0.2, 0) is 0 Å². The van der Waals surface area contributed by atoms with Crippen molar-refractivity contribution in [2.75, 3.05) is 16.2 Å². The van der Waals surface area contributed by atoms with Crippen LogP contribution in [0.3, 0.4) is 0 Å². The SMILES string of the molecule is C=C(S/C(=C(\C)c1cc(Cl)cc(NSCCC)c1F)c1ccnc(N)n1)C1CC1.CC. The molecule has 0 amide bonds. The summed E-state index contributed by atoms with van der Waals surface area (Å²) in [5.74, 6) is 1.20. The van der Waals surface area contributed by atoms with Crippen LogP contribution >= 0.6 is 35.3 Å². The number of nitrogens with one attached hydrogen (secondary N) is 1. The first kappa shape index (κ1) is 25.6. The molecule has 1 aliphatic rings. The zero-order valence-corrected chi connectivity index (χ0v) is 20.9. The molecule has 2 aromatic rings. The van der Waals surface area contributed by atoms with Crippen molar-refractivity contribution >= 4 is 57.4 Å². The Morgan fingerprint density at radius 1 is 1.35 bits per heavy atom. The third-order valence-corrected chi connectivity index (χ3v) is 6.95. The summed E-state index contributed by atoms with van der Waals surface area (Å²) in [6.07, 6.45) is 4.87. The van der Waals surface area contributed by atoms with Crippen LogP contribution in [0.2, 0.25) is 5.02 Å². The normalized spacial score (nSPS) is 13.7. The number of hydrogen-bond acceptors (Lipinski definition) is 6. The Labute approximate surface area is 198 Å². The second-order valence-electron chi connectivity index (χ2n) is 6.86. The summed E-state index contributed by atoms with van der Waals surface area (Å²) >= 11 is 9.30. The molecule has 0 bridgehead atoms. The molecule has 3 N–H and O–H groups in total. The fourth-order valence-corrected chi connectivity index (χ4v) is 4.70. The predicted octanol–water partition coefficient (Wildman–Crippen LogP) is 7.89. The largest absolute Gasteiger partial charge is 0.368 e. The summed E-state index contributed by atoms with van der Waals surface area (Å²) in [6, 6.07) is 5.03. The van der Waals surface area contributed by atoms with E-state index in [1.54, 1.807) is 24.4 Å². The molecule has 1 aromatic heterocycles. The van der Waals surface area contributed by atoms with Crippen molar-refractivity contribution in [2.24, 2.45) is 5.92 Å². The summed E-state index contributed by atoms with van der Waals surface area (Å²) in [5, 5.41) is 0.466. The topological polar surface area (TPSA) is 63.8 Å². The molecular formula is C23H30ClFN4S2.